The van der Waals surface area contributed by atoms with E-state index in [9.17, 15) is 18.3 Å². The van der Waals surface area contributed by atoms with Crippen LogP contribution in [0, 0.1) is 0 Å². The van der Waals surface area contributed by atoms with Gasteiger partial charge in [0.2, 0.25) is 16.0 Å². The second-order valence-corrected chi connectivity index (χ2v) is 10.8. The summed E-state index contributed by atoms with van der Waals surface area (Å²) in [5, 5.41) is 27.6. The number of sulfonamides is 1. The minimum atomic E-state index is -3.83. The molecule has 0 bridgehead atoms. The highest BCUT2D eigenvalue weighted by molar-refractivity contribution is 7.89. The fraction of sp³-hybridized carbons (Fsp3) is 0.500. The quantitative estimate of drug-likeness (QED) is 0.281. The van der Waals surface area contributed by atoms with E-state index in [-0.39, 0.29) is 30.0 Å². The maximum Gasteiger partial charge on any atom is 0.304 e. The Morgan fingerprint density at radius 3 is 2.53 bits per heavy atom. The number of hydrogen-bond acceptors (Lipinski definition) is 8. The van der Waals surface area contributed by atoms with Crippen molar-refractivity contribution in [2.45, 2.75) is 68.9 Å². The highest BCUT2D eigenvalue weighted by Gasteiger charge is 2.26. The van der Waals surface area contributed by atoms with Crippen molar-refractivity contribution >= 4 is 33.0 Å². The number of fused-ring (bicyclic) bond motifs is 1. The number of aliphatic hydroxyl groups excluding tert-OH is 1. The molecule has 0 saturated heterocycles. The Balaban J connectivity index is 1.66. The van der Waals surface area contributed by atoms with Gasteiger partial charge in [0.15, 0.2) is 5.65 Å². The molecule has 4 rings (SSSR count). The number of rotatable bonds is 11. The number of carboxylic acid groups (broad SMARTS) is 1. The van der Waals surface area contributed by atoms with Crippen LogP contribution < -0.4 is 10.0 Å². The van der Waals surface area contributed by atoms with Gasteiger partial charge in [-0.2, -0.15) is 10.1 Å². The molecule has 0 radical (unpaired) electrons. The summed E-state index contributed by atoms with van der Waals surface area (Å²) >= 11 is 0. The van der Waals surface area contributed by atoms with Crippen LogP contribution in [0.1, 0.15) is 57.9 Å². The van der Waals surface area contributed by atoms with Crippen molar-refractivity contribution in [1.82, 2.24) is 24.5 Å². The lowest BCUT2D eigenvalue weighted by Gasteiger charge is -2.25. The summed E-state index contributed by atoms with van der Waals surface area (Å²) in [4.78, 5) is 19.9. The number of hydrogen-bond donors (Lipinski definition) is 4. The third-order valence-electron chi connectivity index (χ3n) is 6.34. The molecule has 1 aromatic carbocycles. The van der Waals surface area contributed by atoms with Crippen LogP contribution in [0.5, 0.6) is 0 Å². The van der Waals surface area contributed by atoms with E-state index in [0.29, 0.717) is 30.1 Å². The zero-order valence-corrected chi connectivity index (χ0v) is 21.0. The van der Waals surface area contributed by atoms with Crippen LogP contribution in [0.3, 0.4) is 0 Å². The zero-order chi connectivity index (χ0) is 25.7. The molecule has 12 heteroatoms. The normalized spacial score (nSPS) is 18.4. The molecule has 1 fully saturated rings. The number of nitrogens with one attached hydrogen (secondary N) is 2. The van der Waals surface area contributed by atoms with Crippen molar-refractivity contribution in [3.8, 4) is 11.3 Å². The second-order valence-electron chi connectivity index (χ2n) is 9.03. The van der Waals surface area contributed by atoms with Crippen molar-refractivity contribution in [2.24, 2.45) is 0 Å². The molecule has 2 aromatic heterocycles. The molecule has 1 aliphatic carbocycles. The van der Waals surface area contributed by atoms with Gasteiger partial charge in [-0.05, 0) is 44.2 Å². The minimum absolute atomic E-state index is 0.0419. The number of anilines is 1. The summed E-state index contributed by atoms with van der Waals surface area (Å²) in [5.41, 5.74) is 2.07. The number of nitrogens with zero attached hydrogens (tertiary/aromatic N) is 4. The van der Waals surface area contributed by atoms with Crippen LogP contribution in [0.4, 0.5) is 5.95 Å². The van der Waals surface area contributed by atoms with Crippen LogP contribution in [-0.2, 0) is 14.8 Å². The van der Waals surface area contributed by atoms with Gasteiger partial charge < -0.3 is 15.5 Å². The van der Waals surface area contributed by atoms with Gasteiger partial charge in [0.1, 0.15) is 5.69 Å². The molecule has 11 nitrogen and oxygen atoms in total. The highest BCUT2D eigenvalue weighted by Crippen LogP contribution is 2.34. The lowest BCUT2D eigenvalue weighted by atomic mass is 9.93. The predicted octanol–water partition coefficient (Wildman–Crippen LogP) is 2.93. The van der Waals surface area contributed by atoms with E-state index in [2.05, 4.69) is 21.9 Å². The summed E-state index contributed by atoms with van der Waals surface area (Å²) in [7, 11) is -3.83. The van der Waals surface area contributed by atoms with Crippen LogP contribution in [-0.4, -0.2) is 63.5 Å². The molecule has 1 aliphatic rings. The Kier molecular flexibility index (Phi) is 8.17. The predicted molar refractivity (Wildman–Crippen MR) is 135 cm³/mol. The Hall–Kier alpha value is -3.09. The van der Waals surface area contributed by atoms with E-state index in [4.69, 9.17) is 15.2 Å². The molecule has 0 atom stereocenters. The molecule has 0 amide bonds. The number of unbranched alkanes of at least 4 members (excludes halogenated alkanes) is 1. The van der Waals surface area contributed by atoms with Gasteiger partial charge in [-0.25, -0.2) is 22.8 Å². The van der Waals surface area contributed by atoms with Gasteiger partial charge in [-0.3, -0.25) is 4.79 Å². The third-order valence-corrected chi connectivity index (χ3v) is 7.82. The zero-order valence-electron chi connectivity index (χ0n) is 20.2. The second kappa shape index (κ2) is 11.3. The van der Waals surface area contributed by atoms with Gasteiger partial charge in [0.05, 0.1) is 28.8 Å². The first-order valence-electron chi connectivity index (χ1n) is 12.3. The molecule has 1 saturated carbocycles. The first-order chi connectivity index (χ1) is 17.3. The maximum atomic E-state index is 12.5. The summed E-state index contributed by atoms with van der Waals surface area (Å²) in [6.07, 6.45) is 6.21. The topological polar surface area (TPSA) is 159 Å². The molecular formula is C24H32N6O5S. The molecular weight excluding hydrogens is 484 g/mol. The van der Waals surface area contributed by atoms with E-state index in [1.807, 2.05) is 4.68 Å². The van der Waals surface area contributed by atoms with Crippen molar-refractivity contribution in [3.05, 3.63) is 30.5 Å². The average Bonchev–Trinajstić information content (AvgIpc) is 3.23. The van der Waals surface area contributed by atoms with Gasteiger partial charge in [-0.15, -0.1) is 0 Å². The van der Waals surface area contributed by atoms with Gasteiger partial charge in [-0.1, -0.05) is 25.5 Å². The Morgan fingerprint density at radius 2 is 1.86 bits per heavy atom. The molecule has 2 heterocycles. The van der Waals surface area contributed by atoms with E-state index >= 15 is 0 Å². The smallest absolute Gasteiger partial charge is 0.304 e. The largest absolute Gasteiger partial charge is 0.481 e. The Labute approximate surface area is 210 Å². The lowest BCUT2D eigenvalue weighted by Crippen LogP contribution is -2.26. The van der Waals surface area contributed by atoms with Crippen LogP contribution in [0.2, 0.25) is 0 Å². The third kappa shape index (κ3) is 6.00. The minimum Gasteiger partial charge on any atom is -0.481 e. The fourth-order valence-electron chi connectivity index (χ4n) is 4.32. The summed E-state index contributed by atoms with van der Waals surface area (Å²) in [5.74, 6) is -0.540. The SMILES string of the molecule is CCCCNc1ncc2c(-c3ccc(S(=O)(=O)NCCC(=O)O)cc3)nn([C@H]3CC[C@H](O)CC3)c2n1. The summed E-state index contributed by atoms with van der Waals surface area (Å²) in [6.45, 7) is 2.71. The van der Waals surface area contributed by atoms with Crippen molar-refractivity contribution < 1.29 is 23.4 Å². The van der Waals surface area contributed by atoms with Gasteiger partial charge in [0.25, 0.3) is 0 Å². The molecule has 3 aromatic rings. The van der Waals surface area contributed by atoms with Crippen LogP contribution in [0.15, 0.2) is 35.4 Å². The van der Waals surface area contributed by atoms with Crippen LogP contribution >= 0.6 is 0 Å². The Morgan fingerprint density at radius 1 is 1.14 bits per heavy atom. The molecule has 0 aliphatic heterocycles. The van der Waals surface area contributed by atoms with E-state index in [0.717, 1.165) is 43.2 Å². The molecule has 0 spiro atoms. The standard InChI is InChI=1S/C24H32N6O5S/c1-2-3-13-25-24-26-15-20-22(29-30(23(20)28-24)17-6-8-18(31)9-7-17)16-4-10-19(11-5-16)36(34,35)27-14-12-21(32)33/h4-5,10-11,15,17-18,27,31H,2-3,6-9,12-14H2,1H3,(H,32,33)(H,25,26,28)/t17-,18-. The lowest BCUT2D eigenvalue weighted by molar-refractivity contribution is -0.136. The number of aliphatic carboxylic acids is 1. The van der Waals surface area contributed by atoms with Crippen molar-refractivity contribution in [1.29, 1.82) is 0 Å². The molecule has 194 valence electrons. The molecule has 36 heavy (non-hydrogen) atoms. The molecule has 4 N–H and O–H groups in total. The summed E-state index contributed by atoms with van der Waals surface area (Å²) in [6, 6.07) is 6.40. The van der Waals surface area contributed by atoms with E-state index in [1.165, 1.54) is 12.1 Å². The van der Waals surface area contributed by atoms with Gasteiger partial charge in [0, 0.05) is 24.8 Å². The fourth-order valence-corrected chi connectivity index (χ4v) is 5.36. The maximum absolute atomic E-state index is 12.5. The number of carboxylic acids is 1. The first kappa shape index (κ1) is 26.0. The van der Waals surface area contributed by atoms with Crippen LogP contribution in [0.25, 0.3) is 22.3 Å². The van der Waals surface area contributed by atoms with Crippen molar-refractivity contribution in [3.63, 3.8) is 0 Å². The monoisotopic (exact) mass is 516 g/mol. The molecule has 0 unspecified atom stereocenters. The highest BCUT2D eigenvalue weighted by atomic mass is 32.2. The average molecular weight is 517 g/mol. The first-order valence-corrected chi connectivity index (χ1v) is 13.8. The van der Waals surface area contributed by atoms with E-state index < -0.39 is 16.0 Å². The number of benzene rings is 1. The number of aromatic nitrogens is 4. The number of aliphatic hydroxyl groups is 1. The summed E-state index contributed by atoms with van der Waals surface area (Å²) < 4.78 is 29.2. The Bertz CT molecular complexity index is 1300. The number of carbonyl (C=O) groups is 1. The van der Waals surface area contributed by atoms with Gasteiger partial charge >= 0.3 is 5.97 Å². The van der Waals surface area contributed by atoms with E-state index in [1.54, 1.807) is 18.3 Å². The van der Waals surface area contributed by atoms with Crippen molar-refractivity contribution in [2.75, 3.05) is 18.4 Å².